The van der Waals surface area contributed by atoms with Gasteiger partial charge in [-0.25, -0.2) is 9.78 Å². The molecule has 1 fully saturated rings. The normalized spacial score (nSPS) is 17.4. The smallest absolute Gasteiger partial charge is 0.341 e. The molecule has 198 valence electrons. The Morgan fingerprint density at radius 3 is 2.33 bits per heavy atom. The summed E-state index contributed by atoms with van der Waals surface area (Å²) in [4.78, 5) is 51.9. The number of nitrogens with zero attached hydrogens (tertiary/aromatic N) is 4. The van der Waals surface area contributed by atoms with E-state index in [2.05, 4.69) is 14.9 Å². The molecule has 9 heteroatoms. The molecular formula is C30H27ClN4O4. The van der Waals surface area contributed by atoms with Gasteiger partial charge in [0.2, 0.25) is 0 Å². The third-order valence-electron chi connectivity index (χ3n) is 7.93. The van der Waals surface area contributed by atoms with Crippen molar-refractivity contribution in [3.8, 4) is 0 Å². The van der Waals surface area contributed by atoms with Crippen LogP contribution in [0.4, 0.5) is 5.69 Å². The molecule has 39 heavy (non-hydrogen) atoms. The predicted octanol–water partition coefficient (Wildman–Crippen LogP) is 3.16. The van der Waals surface area contributed by atoms with Gasteiger partial charge in [0, 0.05) is 41.5 Å². The SMILES string of the molecule is CCOC(=O)c1cnc2c(c1N1CCC(CN3C(=O)c4ccccc4C3=O)(c3ccc(Cl)cc3)CC1)=CCN=2. The van der Waals surface area contributed by atoms with Gasteiger partial charge in [0.05, 0.1) is 30.0 Å². The first-order valence-corrected chi connectivity index (χ1v) is 13.5. The van der Waals surface area contributed by atoms with E-state index in [1.165, 1.54) is 4.90 Å². The first-order chi connectivity index (χ1) is 18.9. The highest BCUT2D eigenvalue weighted by Gasteiger charge is 2.44. The van der Waals surface area contributed by atoms with Crippen molar-refractivity contribution in [3.63, 3.8) is 0 Å². The van der Waals surface area contributed by atoms with Gasteiger partial charge in [0.1, 0.15) is 5.56 Å². The molecule has 4 heterocycles. The topological polar surface area (TPSA) is 92.2 Å². The van der Waals surface area contributed by atoms with E-state index in [-0.39, 0.29) is 25.0 Å². The van der Waals surface area contributed by atoms with Crippen LogP contribution in [0.1, 0.15) is 56.4 Å². The van der Waals surface area contributed by atoms with E-state index in [9.17, 15) is 14.4 Å². The minimum absolute atomic E-state index is 0.259. The van der Waals surface area contributed by atoms with Gasteiger partial charge in [-0.2, -0.15) is 0 Å². The Morgan fingerprint density at radius 2 is 1.69 bits per heavy atom. The average Bonchev–Trinajstić information content (AvgIpc) is 3.53. The number of rotatable bonds is 6. The van der Waals surface area contributed by atoms with E-state index in [0.717, 1.165) is 16.5 Å². The predicted molar refractivity (Wildman–Crippen MR) is 147 cm³/mol. The summed E-state index contributed by atoms with van der Waals surface area (Å²) in [6.07, 6.45) is 4.84. The molecule has 3 aliphatic heterocycles. The molecule has 8 nitrogen and oxygen atoms in total. The highest BCUT2D eigenvalue weighted by molar-refractivity contribution is 6.30. The molecule has 2 aromatic carbocycles. The number of hydrogen-bond donors (Lipinski definition) is 0. The van der Waals surface area contributed by atoms with Gasteiger partial charge < -0.3 is 9.64 Å². The molecule has 0 aliphatic carbocycles. The van der Waals surface area contributed by atoms with Crippen LogP contribution in [0.2, 0.25) is 5.02 Å². The zero-order valence-electron chi connectivity index (χ0n) is 21.5. The van der Waals surface area contributed by atoms with E-state index in [1.807, 2.05) is 30.3 Å². The zero-order valence-corrected chi connectivity index (χ0v) is 22.3. The minimum atomic E-state index is -0.483. The monoisotopic (exact) mass is 542 g/mol. The Kier molecular flexibility index (Phi) is 6.43. The van der Waals surface area contributed by atoms with Crippen LogP contribution in [0.5, 0.6) is 0 Å². The van der Waals surface area contributed by atoms with E-state index >= 15 is 0 Å². The molecular weight excluding hydrogens is 516 g/mol. The standard InChI is InChI=1S/C30H27ClN4O4/c1-2-39-29(38)24-17-33-26-23(11-14-32-26)25(24)34-15-12-30(13-16-34,19-7-9-20(31)10-8-19)18-35-27(36)21-5-3-4-6-22(21)28(35)37/h3-11,17H,2,12-16,18H2,1H3. The van der Waals surface area contributed by atoms with Crippen molar-refractivity contribution in [1.82, 2.24) is 9.88 Å². The Balaban J connectivity index is 1.35. The van der Waals surface area contributed by atoms with Crippen molar-refractivity contribution >= 4 is 41.1 Å². The van der Waals surface area contributed by atoms with Crippen LogP contribution in [0.15, 0.2) is 59.7 Å². The van der Waals surface area contributed by atoms with Crippen LogP contribution in [-0.2, 0) is 10.2 Å². The Labute approximate surface area is 230 Å². The lowest BCUT2D eigenvalue weighted by atomic mass is 9.72. The summed E-state index contributed by atoms with van der Waals surface area (Å²) in [5.41, 5.74) is 3.25. The van der Waals surface area contributed by atoms with Crippen LogP contribution in [0.25, 0.3) is 6.08 Å². The molecule has 2 amide bonds. The maximum atomic E-state index is 13.3. The van der Waals surface area contributed by atoms with Gasteiger partial charge in [-0.3, -0.25) is 19.5 Å². The molecule has 0 N–H and O–H groups in total. The third kappa shape index (κ3) is 4.29. The number of imide groups is 1. The van der Waals surface area contributed by atoms with E-state index in [0.29, 0.717) is 59.7 Å². The number of piperidine rings is 1. The molecule has 3 aromatic rings. The van der Waals surface area contributed by atoms with Crippen molar-refractivity contribution in [2.45, 2.75) is 25.2 Å². The largest absolute Gasteiger partial charge is 0.462 e. The maximum Gasteiger partial charge on any atom is 0.341 e. The molecule has 0 radical (unpaired) electrons. The van der Waals surface area contributed by atoms with Crippen molar-refractivity contribution in [2.75, 3.05) is 37.7 Å². The minimum Gasteiger partial charge on any atom is -0.462 e. The molecule has 0 spiro atoms. The van der Waals surface area contributed by atoms with Gasteiger partial charge >= 0.3 is 5.97 Å². The lowest BCUT2D eigenvalue weighted by molar-refractivity contribution is 0.0523. The first-order valence-electron chi connectivity index (χ1n) is 13.1. The zero-order chi connectivity index (χ0) is 27.1. The number of fused-ring (bicyclic) bond motifs is 2. The Bertz CT molecular complexity index is 1580. The van der Waals surface area contributed by atoms with E-state index in [1.54, 1.807) is 37.4 Å². The number of benzene rings is 2. The van der Waals surface area contributed by atoms with Gasteiger partial charge in [-0.05, 0) is 55.7 Å². The molecule has 0 saturated carbocycles. The fourth-order valence-electron chi connectivity index (χ4n) is 5.93. The van der Waals surface area contributed by atoms with E-state index < -0.39 is 11.4 Å². The number of esters is 1. The number of carbonyl (C=O) groups excluding carboxylic acids is 3. The number of anilines is 1. The first kappa shape index (κ1) is 25.2. The van der Waals surface area contributed by atoms with Crippen LogP contribution >= 0.6 is 11.6 Å². The van der Waals surface area contributed by atoms with Gasteiger partial charge in [-0.15, -0.1) is 0 Å². The second kappa shape index (κ2) is 9.93. The number of pyridine rings is 1. The Morgan fingerprint density at radius 1 is 1.03 bits per heavy atom. The summed E-state index contributed by atoms with van der Waals surface area (Å²) in [6, 6.07) is 14.6. The summed E-state index contributed by atoms with van der Waals surface area (Å²) in [7, 11) is 0. The van der Waals surface area contributed by atoms with Crippen molar-refractivity contribution < 1.29 is 19.1 Å². The molecule has 3 aliphatic rings. The number of hydrogen-bond acceptors (Lipinski definition) is 7. The second-order valence-corrected chi connectivity index (χ2v) is 10.5. The number of carbonyl (C=O) groups is 3. The highest BCUT2D eigenvalue weighted by Crippen LogP contribution is 2.40. The quantitative estimate of drug-likeness (QED) is 0.351. The molecule has 1 saturated heterocycles. The molecule has 0 bridgehead atoms. The summed E-state index contributed by atoms with van der Waals surface area (Å²) in [5, 5.41) is 1.47. The maximum absolute atomic E-state index is 13.3. The lowest BCUT2D eigenvalue weighted by Gasteiger charge is -2.45. The van der Waals surface area contributed by atoms with Crippen molar-refractivity contribution in [3.05, 3.63) is 92.7 Å². The van der Waals surface area contributed by atoms with Gasteiger partial charge in [-0.1, -0.05) is 35.9 Å². The summed E-state index contributed by atoms with van der Waals surface area (Å²) in [5.74, 6) is -0.943. The summed E-state index contributed by atoms with van der Waals surface area (Å²) < 4.78 is 5.34. The molecule has 0 atom stereocenters. The summed E-state index contributed by atoms with van der Waals surface area (Å²) in [6.45, 7) is 4.02. The average molecular weight is 543 g/mol. The Hall–Kier alpha value is -4.04. The van der Waals surface area contributed by atoms with Crippen LogP contribution < -0.4 is 15.6 Å². The van der Waals surface area contributed by atoms with Gasteiger partial charge in [0.15, 0.2) is 5.49 Å². The fraction of sp³-hybridized carbons (Fsp3) is 0.300. The third-order valence-corrected chi connectivity index (χ3v) is 8.18. The van der Waals surface area contributed by atoms with E-state index in [4.69, 9.17) is 16.3 Å². The van der Waals surface area contributed by atoms with Crippen molar-refractivity contribution in [1.29, 1.82) is 0 Å². The highest BCUT2D eigenvalue weighted by atomic mass is 35.5. The molecule has 6 rings (SSSR count). The lowest BCUT2D eigenvalue weighted by Crippen LogP contribution is -2.52. The fourth-order valence-corrected chi connectivity index (χ4v) is 6.05. The number of amides is 2. The van der Waals surface area contributed by atoms with Crippen LogP contribution in [-0.4, -0.2) is 60.5 Å². The van der Waals surface area contributed by atoms with Crippen LogP contribution in [0, 0.1) is 0 Å². The number of halogens is 1. The molecule has 1 aromatic heterocycles. The van der Waals surface area contributed by atoms with Crippen molar-refractivity contribution in [2.24, 2.45) is 4.99 Å². The second-order valence-electron chi connectivity index (χ2n) is 10.0. The van der Waals surface area contributed by atoms with Gasteiger partial charge in [0.25, 0.3) is 11.8 Å². The summed E-state index contributed by atoms with van der Waals surface area (Å²) >= 11 is 6.21. The molecule has 0 unspecified atom stereocenters. The number of ether oxygens (including phenoxy) is 1. The number of aromatic nitrogens is 1. The van der Waals surface area contributed by atoms with Crippen LogP contribution in [0.3, 0.4) is 0 Å².